The van der Waals surface area contributed by atoms with Crippen LogP contribution < -0.4 is 11.1 Å². The van der Waals surface area contributed by atoms with Gasteiger partial charge in [0.1, 0.15) is 6.04 Å². The topological polar surface area (TPSA) is 140 Å². The number of carbonyl (C=O) groups excluding carboxylic acids is 3. The normalized spacial score (nSPS) is 17.9. The fraction of sp³-hybridized carbons (Fsp3) is 0.529. The number of nitrogens with one attached hydrogen (secondary N) is 1. The van der Waals surface area contributed by atoms with Gasteiger partial charge in [0.05, 0.1) is 6.54 Å². The van der Waals surface area contributed by atoms with Crippen molar-refractivity contribution in [3.63, 3.8) is 0 Å². The van der Waals surface area contributed by atoms with E-state index >= 15 is 0 Å². The summed E-state index contributed by atoms with van der Waals surface area (Å²) in [4.78, 5) is 39.9. The molecule has 0 aromatic carbocycles. The van der Waals surface area contributed by atoms with Crippen LogP contribution in [-0.4, -0.2) is 54.4 Å². The van der Waals surface area contributed by atoms with Gasteiger partial charge in [0, 0.05) is 19.0 Å². The van der Waals surface area contributed by atoms with Crippen molar-refractivity contribution in [2.75, 3.05) is 13.1 Å². The molecule has 148 valence electrons. The smallest absolute Gasteiger partial charge is 0.284 e. The number of hydrogen-bond donors (Lipinski definition) is 2. The maximum Gasteiger partial charge on any atom is 0.284 e. The number of hydrogen-bond acceptors (Lipinski definition) is 7. The van der Waals surface area contributed by atoms with Crippen LogP contribution in [0.5, 0.6) is 0 Å². The first-order valence-electron chi connectivity index (χ1n) is 8.84. The van der Waals surface area contributed by atoms with Gasteiger partial charge in [-0.05, 0) is 44.4 Å². The Labute approximate surface area is 158 Å². The van der Waals surface area contributed by atoms with Gasteiger partial charge in [0.2, 0.25) is 11.8 Å². The number of pyridine rings is 1. The highest BCUT2D eigenvalue weighted by Crippen LogP contribution is 2.22. The second kappa shape index (κ2) is 9.56. The summed E-state index contributed by atoms with van der Waals surface area (Å²) in [5.41, 5.74) is 5.08. The quantitative estimate of drug-likeness (QED) is 0.588. The molecule has 1 aliphatic heterocycles. The number of ketones is 1. The van der Waals surface area contributed by atoms with E-state index in [1.165, 1.54) is 18.3 Å². The fourth-order valence-electron chi connectivity index (χ4n) is 2.92. The Balaban J connectivity index is 2.29. The van der Waals surface area contributed by atoms with E-state index in [2.05, 4.69) is 10.3 Å². The van der Waals surface area contributed by atoms with E-state index in [4.69, 9.17) is 5.73 Å². The van der Waals surface area contributed by atoms with Crippen molar-refractivity contribution in [2.24, 2.45) is 5.73 Å². The first kappa shape index (κ1) is 21.0. The predicted molar refractivity (Wildman–Crippen MR) is 96.8 cm³/mol. The largest absolute Gasteiger partial charge is 0.370 e. The van der Waals surface area contributed by atoms with Crippen LogP contribution in [0.3, 0.4) is 0 Å². The predicted octanol–water partition coefficient (Wildman–Crippen LogP) is -0.0343. The molecule has 9 nitrogen and oxygen atoms in total. The molecule has 27 heavy (non-hydrogen) atoms. The molecule has 0 bridgehead atoms. The molecule has 0 unspecified atom stereocenters. The molecular weight excluding hydrogens is 372 g/mol. The molecule has 1 aromatic heterocycles. The molecule has 0 aliphatic carbocycles. The summed E-state index contributed by atoms with van der Waals surface area (Å²) < 4.78 is 26.8. The van der Waals surface area contributed by atoms with Gasteiger partial charge < -0.3 is 11.1 Å². The van der Waals surface area contributed by atoms with Crippen molar-refractivity contribution in [1.82, 2.24) is 14.6 Å². The molecule has 1 fully saturated rings. The van der Waals surface area contributed by atoms with Crippen LogP contribution in [0.15, 0.2) is 29.4 Å². The third-order valence-electron chi connectivity index (χ3n) is 4.26. The molecule has 1 aromatic rings. The van der Waals surface area contributed by atoms with Gasteiger partial charge >= 0.3 is 0 Å². The minimum Gasteiger partial charge on any atom is -0.370 e. The lowest BCUT2D eigenvalue weighted by Crippen LogP contribution is -2.49. The molecule has 2 heterocycles. The van der Waals surface area contributed by atoms with Crippen LogP contribution in [0.1, 0.15) is 38.5 Å². The molecule has 10 heteroatoms. The van der Waals surface area contributed by atoms with Gasteiger partial charge in [-0.2, -0.15) is 8.42 Å². The summed E-state index contributed by atoms with van der Waals surface area (Å²) in [7, 11) is -4.27. The zero-order valence-electron chi connectivity index (χ0n) is 15.0. The maximum absolute atomic E-state index is 13.1. The van der Waals surface area contributed by atoms with Crippen molar-refractivity contribution in [2.45, 2.75) is 49.6 Å². The van der Waals surface area contributed by atoms with Crippen molar-refractivity contribution in [3.8, 4) is 0 Å². The molecule has 2 amide bonds. The van der Waals surface area contributed by atoms with Gasteiger partial charge in [-0.1, -0.05) is 6.07 Å². The summed E-state index contributed by atoms with van der Waals surface area (Å²) in [5, 5.41) is 2.65. The highest BCUT2D eigenvalue weighted by molar-refractivity contribution is 7.89. The van der Waals surface area contributed by atoms with Gasteiger partial charge in [-0.3, -0.25) is 14.4 Å². The fourth-order valence-corrected chi connectivity index (χ4v) is 4.48. The van der Waals surface area contributed by atoms with Gasteiger partial charge in [0.25, 0.3) is 10.0 Å². The van der Waals surface area contributed by atoms with Gasteiger partial charge in [0.15, 0.2) is 10.8 Å². The Morgan fingerprint density at radius 3 is 2.67 bits per heavy atom. The lowest BCUT2D eigenvalue weighted by molar-refractivity contribution is -0.133. The minimum atomic E-state index is -4.27. The summed E-state index contributed by atoms with van der Waals surface area (Å²) in [6, 6.07) is 3.31. The third kappa shape index (κ3) is 5.57. The van der Waals surface area contributed by atoms with Crippen molar-refractivity contribution < 1.29 is 22.8 Å². The average Bonchev–Trinajstić information content (AvgIpc) is 2.84. The van der Waals surface area contributed by atoms with Gasteiger partial charge in [-0.25, -0.2) is 9.29 Å². The van der Waals surface area contributed by atoms with E-state index in [0.717, 1.165) is 0 Å². The summed E-state index contributed by atoms with van der Waals surface area (Å²) in [6.45, 7) is 0.584. The number of unbranched alkanes of at least 4 members (excludes halogenated alkanes) is 1. The molecule has 0 radical (unpaired) electrons. The zero-order chi connectivity index (χ0) is 19.9. The van der Waals surface area contributed by atoms with E-state index in [0.29, 0.717) is 30.1 Å². The number of nitrogens with two attached hydrogens (primary N) is 1. The first-order chi connectivity index (χ1) is 12.8. The number of sulfonamides is 1. The van der Waals surface area contributed by atoms with Crippen LogP contribution in [0.4, 0.5) is 0 Å². The number of Topliss-reactive ketones (excluding diaryl/α,β-unsaturated/α-hetero) is 1. The van der Waals surface area contributed by atoms with Crippen molar-refractivity contribution in [1.29, 1.82) is 0 Å². The summed E-state index contributed by atoms with van der Waals surface area (Å²) in [6.07, 6.45) is 2.83. The number of carbonyl (C=O) groups is 3. The van der Waals surface area contributed by atoms with Crippen LogP contribution in [0.2, 0.25) is 0 Å². The summed E-state index contributed by atoms with van der Waals surface area (Å²) >= 11 is 0. The molecular formula is C17H24N4O5S. The lowest BCUT2D eigenvalue weighted by atomic mass is 10.1. The SMILES string of the molecule is NC(=O)CCCCC(=O)N([C@H]1CCCNCC1=O)S(=O)(=O)c1ccccn1. The van der Waals surface area contributed by atoms with Gasteiger partial charge in [-0.15, -0.1) is 0 Å². The zero-order valence-corrected chi connectivity index (χ0v) is 15.8. The monoisotopic (exact) mass is 396 g/mol. The molecule has 0 saturated carbocycles. The Hall–Kier alpha value is -2.33. The number of primary amides is 1. The molecule has 0 spiro atoms. The number of rotatable bonds is 8. The highest BCUT2D eigenvalue weighted by atomic mass is 32.2. The second-order valence-electron chi connectivity index (χ2n) is 6.34. The third-order valence-corrected chi connectivity index (χ3v) is 6.00. The Bertz CT molecular complexity index is 782. The standard InChI is InChI=1S/C17H24N4O5S/c18-15(23)7-1-2-9-17(24)21(13-6-5-10-19-12-14(13)22)27(25,26)16-8-3-4-11-20-16/h3-4,8,11,13,19H,1-2,5-7,9-10,12H2,(H2,18,23)/t13-/m0/s1. The lowest BCUT2D eigenvalue weighted by Gasteiger charge is -2.29. The molecule has 1 aliphatic rings. The summed E-state index contributed by atoms with van der Waals surface area (Å²) in [5.74, 6) is -1.51. The van der Waals surface area contributed by atoms with E-state index in [9.17, 15) is 22.8 Å². The molecule has 1 saturated heterocycles. The van der Waals surface area contributed by atoms with E-state index in [1.807, 2.05) is 0 Å². The minimum absolute atomic E-state index is 0.00780. The second-order valence-corrected chi connectivity index (χ2v) is 8.10. The maximum atomic E-state index is 13.1. The highest BCUT2D eigenvalue weighted by Gasteiger charge is 2.39. The Kier molecular flexibility index (Phi) is 7.43. The number of aromatic nitrogens is 1. The van der Waals surface area contributed by atoms with E-state index in [-0.39, 0.29) is 36.6 Å². The molecule has 2 rings (SSSR count). The number of amides is 2. The van der Waals surface area contributed by atoms with Crippen LogP contribution in [-0.2, 0) is 24.4 Å². The molecule has 3 N–H and O–H groups in total. The Morgan fingerprint density at radius 1 is 1.26 bits per heavy atom. The first-order valence-corrected chi connectivity index (χ1v) is 10.3. The van der Waals surface area contributed by atoms with Crippen LogP contribution >= 0.6 is 0 Å². The van der Waals surface area contributed by atoms with Crippen LogP contribution in [0, 0.1) is 0 Å². The molecule has 1 atom stereocenters. The Morgan fingerprint density at radius 2 is 2.00 bits per heavy atom. The van der Waals surface area contributed by atoms with Crippen molar-refractivity contribution >= 4 is 27.6 Å². The van der Waals surface area contributed by atoms with E-state index < -0.39 is 27.9 Å². The van der Waals surface area contributed by atoms with E-state index in [1.54, 1.807) is 6.07 Å². The van der Waals surface area contributed by atoms with Crippen LogP contribution in [0.25, 0.3) is 0 Å². The van der Waals surface area contributed by atoms with Crippen molar-refractivity contribution in [3.05, 3.63) is 24.4 Å². The average molecular weight is 396 g/mol. The number of nitrogens with zero attached hydrogens (tertiary/aromatic N) is 2.